The molecule has 0 spiro atoms. The summed E-state index contributed by atoms with van der Waals surface area (Å²) < 4.78 is 24.5. The zero-order chi connectivity index (χ0) is 15.2. The highest BCUT2D eigenvalue weighted by Crippen LogP contribution is 2.33. The molecule has 1 saturated carbocycles. The Morgan fingerprint density at radius 1 is 1.38 bits per heavy atom. The number of methoxy groups -OCH3 is 1. The van der Waals surface area contributed by atoms with Gasteiger partial charge in [0.25, 0.3) is 0 Å². The van der Waals surface area contributed by atoms with Gasteiger partial charge >= 0.3 is 0 Å². The molecule has 1 aromatic carbocycles. The van der Waals surface area contributed by atoms with Crippen LogP contribution in [0.15, 0.2) is 18.2 Å². The zero-order valence-corrected chi connectivity index (χ0v) is 12.1. The Morgan fingerprint density at radius 2 is 2.10 bits per heavy atom. The minimum absolute atomic E-state index is 0.0141. The Kier molecular flexibility index (Phi) is 5.54. The lowest BCUT2D eigenvalue weighted by atomic mass is 9.88. The molecule has 4 nitrogen and oxygen atoms in total. The van der Waals surface area contributed by atoms with E-state index in [-0.39, 0.29) is 24.4 Å². The van der Waals surface area contributed by atoms with Crippen molar-refractivity contribution < 1.29 is 19.0 Å². The van der Waals surface area contributed by atoms with Crippen molar-refractivity contribution >= 4 is 0 Å². The SMILES string of the molecule is COc1ccc(F)cc1C(CO)OC1CCC(C#N)CC1. The maximum Gasteiger partial charge on any atom is 0.124 e. The molecular formula is C16H20FNO3. The molecule has 0 saturated heterocycles. The predicted octanol–water partition coefficient (Wildman–Crippen LogP) is 2.97. The summed E-state index contributed by atoms with van der Waals surface area (Å²) in [6.45, 7) is -0.238. The van der Waals surface area contributed by atoms with E-state index >= 15 is 0 Å². The Hall–Kier alpha value is -1.64. The molecule has 1 N–H and O–H groups in total. The Labute approximate surface area is 124 Å². The van der Waals surface area contributed by atoms with Crippen LogP contribution < -0.4 is 4.74 Å². The number of benzene rings is 1. The van der Waals surface area contributed by atoms with Crippen LogP contribution >= 0.6 is 0 Å². The second-order valence-electron chi connectivity index (χ2n) is 5.30. The average Bonchev–Trinajstić information content (AvgIpc) is 2.53. The highest BCUT2D eigenvalue weighted by atomic mass is 19.1. The van der Waals surface area contributed by atoms with Crippen LogP contribution in [-0.2, 0) is 4.74 Å². The zero-order valence-electron chi connectivity index (χ0n) is 12.1. The van der Waals surface area contributed by atoms with Crippen LogP contribution in [0.25, 0.3) is 0 Å². The van der Waals surface area contributed by atoms with Crippen molar-refractivity contribution in [3.63, 3.8) is 0 Å². The Balaban J connectivity index is 2.07. The normalized spacial score (nSPS) is 23.3. The number of aliphatic hydroxyl groups excluding tert-OH is 1. The Bertz CT molecular complexity index is 507. The van der Waals surface area contributed by atoms with Gasteiger partial charge in [0.15, 0.2) is 0 Å². The molecule has 1 atom stereocenters. The van der Waals surface area contributed by atoms with Crippen LogP contribution in [0.1, 0.15) is 37.4 Å². The molecule has 21 heavy (non-hydrogen) atoms. The number of aliphatic hydroxyl groups is 1. The summed E-state index contributed by atoms with van der Waals surface area (Å²) in [5.74, 6) is 0.211. The summed E-state index contributed by atoms with van der Waals surface area (Å²) in [5, 5.41) is 18.5. The molecule has 0 aliphatic heterocycles. The molecule has 0 aromatic heterocycles. The second kappa shape index (κ2) is 7.39. The van der Waals surface area contributed by atoms with Crippen LogP contribution in [0.5, 0.6) is 5.75 Å². The maximum atomic E-state index is 13.4. The summed E-state index contributed by atoms with van der Waals surface area (Å²) in [4.78, 5) is 0. The van der Waals surface area contributed by atoms with Gasteiger partial charge in [-0.3, -0.25) is 0 Å². The highest BCUT2D eigenvalue weighted by molar-refractivity contribution is 5.36. The molecule has 0 amide bonds. The molecule has 0 radical (unpaired) electrons. The molecule has 1 aliphatic carbocycles. The van der Waals surface area contributed by atoms with Gasteiger partial charge in [-0.2, -0.15) is 5.26 Å². The van der Waals surface area contributed by atoms with E-state index in [1.807, 2.05) is 0 Å². The largest absolute Gasteiger partial charge is 0.496 e. The third kappa shape index (κ3) is 3.93. The molecule has 1 aromatic rings. The van der Waals surface area contributed by atoms with E-state index < -0.39 is 6.10 Å². The molecule has 2 rings (SSSR count). The van der Waals surface area contributed by atoms with E-state index in [2.05, 4.69) is 6.07 Å². The first-order valence-electron chi connectivity index (χ1n) is 7.17. The first kappa shape index (κ1) is 15.7. The van der Waals surface area contributed by atoms with Crippen LogP contribution in [-0.4, -0.2) is 24.9 Å². The molecule has 1 aliphatic rings. The van der Waals surface area contributed by atoms with Crippen LogP contribution in [0.3, 0.4) is 0 Å². The van der Waals surface area contributed by atoms with Crippen molar-refractivity contribution in [1.29, 1.82) is 5.26 Å². The Morgan fingerprint density at radius 3 is 2.67 bits per heavy atom. The number of rotatable bonds is 5. The third-order valence-corrected chi connectivity index (χ3v) is 3.92. The van der Waals surface area contributed by atoms with Gasteiger partial charge in [0.2, 0.25) is 0 Å². The quantitative estimate of drug-likeness (QED) is 0.906. The second-order valence-corrected chi connectivity index (χ2v) is 5.30. The molecule has 1 unspecified atom stereocenters. The van der Waals surface area contributed by atoms with Crippen LogP contribution in [0.2, 0.25) is 0 Å². The third-order valence-electron chi connectivity index (χ3n) is 3.92. The van der Waals surface area contributed by atoms with Crippen molar-refractivity contribution in [1.82, 2.24) is 0 Å². The van der Waals surface area contributed by atoms with Gasteiger partial charge in [-0.05, 0) is 43.9 Å². The summed E-state index contributed by atoms with van der Waals surface area (Å²) in [7, 11) is 1.50. The number of hydrogen-bond donors (Lipinski definition) is 1. The van der Waals surface area contributed by atoms with Gasteiger partial charge < -0.3 is 14.6 Å². The minimum Gasteiger partial charge on any atom is -0.496 e. The number of halogens is 1. The number of ether oxygens (including phenoxy) is 2. The molecule has 1 fully saturated rings. The lowest BCUT2D eigenvalue weighted by molar-refractivity contribution is -0.0588. The average molecular weight is 293 g/mol. The van der Waals surface area contributed by atoms with Gasteiger partial charge in [-0.15, -0.1) is 0 Å². The van der Waals surface area contributed by atoms with Crippen molar-refractivity contribution in [2.45, 2.75) is 37.9 Å². The lowest BCUT2D eigenvalue weighted by Crippen LogP contribution is -2.24. The van der Waals surface area contributed by atoms with E-state index in [0.29, 0.717) is 11.3 Å². The lowest BCUT2D eigenvalue weighted by Gasteiger charge is -2.29. The van der Waals surface area contributed by atoms with Crippen LogP contribution in [0.4, 0.5) is 4.39 Å². The first-order valence-corrected chi connectivity index (χ1v) is 7.17. The van der Waals surface area contributed by atoms with E-state index in [9.17, 15) is 9.50 Å². The number of hydrogen-bond acceptors (Lipinski definition) is 4. The standard InChI is InChI=1S/C16H20FNO3/c1-20-15-7-4-12(17)8-14(15)16(10-19)21-13-5-2-11(9-18)3-6-13/h4,7-8,11,13,16,19H,2-3,5-6,10H2,1H3. The predicted molar refractivity (Wildman–Crippen MR) is 75.2 cm³/mol. The fourth-order valence-electron chi connectivity index (χ4n) is 2.73. The topological polar surface area (TPSA) is 62.5 Å². The summed E-state index contributed by atoms with van der Waals surface area (Å²) in [6.07, 6.45) is 2.55. The highest BCUT2D eigenvalue weighted by Gasteiger charge is 2.26. The summed E-state index contributed by atoms with van der Waals surface area (Å²) in [5.41, 5.74) is 0.516. The monoisotopic (exact) mass is 293 g/mol. The molecular weight excluding hydrogens is 273 g/mol. The van der Waals surface area contributed by atoms with E-state index in [1.54, 1.807) is 0 Å². The van der Waals surface area contributed by atoms with Gasteiger partial charge in [-0.25, -0.2) is 4.39 Å². The summed E-state index contributed by atoms with van der Waals surface area (Å²) >= 11 is 0. The number of nitrogens with zero attached hydrogens (tertiary/aromatic N) is 1. The van der Waals surface area contributed by atoms with Crippen LogP contribution in [0, 0.1) is 23.1 Å². The van der Waals surface area contributed by atoms with Crippen molar-refractivity contribution in [2.75, 3.05) is 13.7 Å². The molecule has 114 valence electrons. The van der Waals surface area contributed by atoms with Gasteiger partial charge in [0, 0.05) is 11.5 Å². The fraction of sp³-hybridized carbons (Fsp3) is 0.562. The van der Waals surface area contributed by atoms with E-state index in [1.165, 1.54) is 25.3 Å². The van der Waals surface area contributed by atoms with Gasteiger partial charge in [0.1, 0.15) is 17.7 Å². The molecule has 5 heteroatoms. The van der Waals surface area contributed by atoms with E-state index in [0.717, 1.165) is 25.7 Å². The van der Waals surface area contributed by atoms with Gasteiger partial charge in [0.05, 0.1) is 25.9 Å². The van der Waals surface area contributed by atoms with Crippen molar-refractivity contribution in [3.8, 4) is 11.8 Å². The molecule has 0 bridgehead atoms. The summed E-state index contributed by atoms with van der Waals surface area (Å²) in [6, 6.07) is 6.45. The maximum absolute atomic E-state index is 13.4. The molecule has 0 heterocycles. The first-order chi connectivity index (χ1) is 10.2. The van der Waals surface area contributed by atoms with Gasteiger partial charge in [-0.1, -0.05) is 0 Å². The van der Waals surface area contributed by atoms with Crippen molar-refractivity contribution in [2.24, 2.45) is 5.92 Å². The number of nitriles is 1. The minimum atomic E-state index is -0.612. The smallest absolute Gasteiger partial charge is 0.124 e. The fourth-order valence-corrected chi connectivity index (χ4v) is 2.73. The van der Waals surface area contributed by atoms with Crippen molar-refractivity contribution in [3.05, 3.63) is 29.6 Å². The van der Waals surface area contributed by atoms with E-state index in [4.69, 9.17) is 14.7 Å².